The molecule has 0 spiro atoms. The standard InChI is InChI=1S/C28H37Cl2NO4Si/c1-18(2)24(13-14-36(4,5)35)31-26(19-9-11-21(29)12-10-19)23(20-7-6-8-22(30)15-20)16-28(3,27(31)34)17-25(32)33/h6-12,15,18,23-24,26,35H,13-14,16-17H2,1-5H3,(H,32,33)/t23?,24-,26-,28-/m1/s1. The van der Waals surface area contributed by atoms with Crippen LogP contribution in [0.2, 0.25) is 29.2 Å². The molecule has 1 unspecified atom stereocenters. The van der Waals surface area contributed by atoms with E-state index in [1.54, 1.807) is 6.92 Å². The van der Waals surface area contributed by atoms with E-state index in [0.717, 1.165) is 11.1 Å². The molecule has 0 aliphatic carbocycles. The fraction of sp³-hybridized carbons (Fsp3) is 0.500. The van der Waals surface area contributed by atoms with Gasteiger partial charge in [0.1, 0.15) is 0 Å². The first-order chi connectivity index (χ1) is 16.7. The molecule has 1 saturated heterocycles. The number of halogens is 2. The van der Waals surface area contributed by atoms with Crippen LogP contribution in [-0.2, 0) is 9.59 Å². The van der Waals surface area contributed by atoms with Crippen LogP contribution in [0.25, 0.3) is 0 Å². The van der Waals surface area contributed by atoms with E-state index in [1.165, 1.54) is 0 Å². The van der Waals surface area contributed by atoms with Gasteiger partial charge in [-0.1, -0.05) is 68.2 Å². The molecule has 1 fully saturated rings. The summed E-state index contributed by atoms with van der Waals surface area (Å²) in [5, 5.41) is 11.0. The van der Waals surface area contributed by atoms with Crippen molar-refractivity contribution in [1.82, 2.24) is 4.90 Å². The maximum Gasteiger partial charge on any atom is 0.304 e. The molecule has 1 aliphatic rings. The van der Waals surface area contributed by atoms with E-state index in [9.17, 15) is 19.5 Å². The lowest BCUT2D eigenvalue weighted by atomic mass is 9.66. The van der Waals surface area contributed by atoms with Crippen LogP contribution in [0.5, 0.6) is 0 Å². The Morgan fingerprint density at radius 2 is 1.75 bits per heavy atom. The van der Waals surface area contributed by atoms with Crippen molar-refractivity contribution in [2.75, 3.05) is 0 Å². The van der Waals surface area contributed by atoms with Crippen molar-refractivity contribution in [3.8, 4) is 0 Å². The van der Waals surface area contributed by atoms with Crippen molar-refractivity contribution < 1.29 is 19.5 Å². The number of carbonyl (C=O) groups is 2. The minimum absolute atomic E-state index is 0.104. The quantitative estimate of drug-likeness (QED) is 0.325. The molecule has 2 aromatic carbocycles. The highest BCUT2D eigenvalue weighted by atomic mass is 35.5. The lowest BCUT2D eigenvalue weighted by Crippen LogP contribution is -2.57. The van der Waals surface area contributed by atoms with Crippen LogP contribution in [0.3, 0.4) is 0 Å². The fourth-order valence-corrected chi connectivity index (χ4v) is 6.87. The van der Waals surface area contributed by atoms with Crippen molar-refractivity contribution in [3.05, 3.63) is 69.7 Å². The summed E-state index contributed by atoms with van der Waals surface area (Å²) in [5.41, 5.74) is 0.832. The Morgan fingerprint density at radius 1 is 1.11 bits per heavy atom. The average molecular weight is 551 g/mol. The number of hydrogen-bond donors (Lipinski definition) is 2. The minimum atomic E-state index is -2.38. The van der Waals surface area contributed by atoms with E-state index >= 15 is 0 Å². The molecule has 0 saturated carbocycles. The van der Waals surface area contributed by atoms with E-state index in [-0.39, 0.29) is 36.2 Å². The molecule has 1 heterocycles. The summed E-state index contributed by atoms with van der Waals surface area (Å²) in [6, 6.07) is 15.3. The number of carboxylic acid groups (broad SMARTS) is 1. The van der Waals surface area contributed by atoms with E-state index in [0.29, 0.717) is 28.9 Å². The number of likely N-dealkylation sites (tertiary alicyclic amines) is 1. The van der Waals surface area contributed by atoms with Gasteiger partial charge >= 0.3 is 5.97 Å². The number of carbonyl (C=O) groups excluding carboxylic acids is 1. The Balaban J connectivity index is 2.24. The summed E-state index contributed by atoms with van der Waals surface area (Å²) < 4.78 is 0. The summed E-state index contributed by atoms with van der Waals surface area (Å²) in [5.74, 6) is -1.22. The van der Waals surface area contributed by atoms with Crippen LogP contribution in [-0.4, -0.2) is 41.0 Å². The van der Waals surface area contributed by atoms with Crippen LogP contribution in [0, 0.1) is 11.3 Å². The van der Waals surface area contributed by atoms with E-state index in [4.69, 9.17) is 23.2 Å². The zero-order valence-electron chi connectivity index (χ0n) is 21.7. The Hall–Kier alpha value is -1.86. The van der Waals surface area contributed by atoms with Crippen molar-refractivity contribution in [3.63, 3.8) is 0 Å². The van der Waals surface area contributed by atoms with Crippen molar-refractivity contribution in [1.29, 1.82) is 0 Å². The molecule has 3 rings (SSSR count). The van der Waals surface area contributed by atoms with E-state index in [2.05, 4.69) is 13.8 Å². The lowest BCUT2D eigenvalue weighted by molar-refractivity contribution is -0.161. The van der Waals surface area contributed by atoms with Gasteiger partial charge in [0.05, 0.1) is 17.9 Å². The monoisotopic (exact) mass is 549 g/mol. The number of rotatable bonds is 9. The Morgan fingerprint density at radius 3 is 2.28 bits per heavy atom. The van der Waals surface area contributed by atoms with Gasteiger partial charge in [-0.05, 0) is 73.3 Å². The van der Waals surface area contributed by atoms with E-state index in [1.807, 2.05) is 66.5 Å². The SMILES string of the molecule is CC(C)[C@@H](CC[Si](C)(C)O)N1C(=O)[C@@](C)(CC(=O)O)CC(c2cccc(Cl)c2)[C@H]1c1ccc(Cl)cc1. The molecule has 0 bridgehead atoms. The van der Waals surface area contributed by atoms with Gasteiger partial charge in [0.25, 0.3) is 0 Å². The number of amides is 1. The molecule has 2 aromatic rings. The largest absolute Gasteiger partial charge is 0.481 e. The van der Waals surface area contributed by atoms with Crippen LogP contribution in [0.15, 0.2) is 48.5 Å². The molecule has 36 heavy (non-hydrogen) atoms. The molecule has 5 nitrogen and oxygen atoms in total. The molecular weight excluding hydrogens is 513 g/mol. The number of nitrogens with zero attached hydrogens (tertiary/aromatic N) is 1. The first kappa shape index (κ1) is 28.7. The first-order valence-corrected chi connectivity index (χ1v) is 16.4. The predicted octanol–water partition coefficient (Wildman–Crippen LogP) is 7.14. The topological polar surface area (TPSA) is 77.8 Å². The van der Waals surface area contributed by atoms with E-state index < -0.39 is 19.7 Å². The van der Waals surface area contributed by atoms with Crippen molar-refractivity contribution in [2.45, 2.75) is 77.2 Å². The fourth-order valence-electron chi connectivity index (χ4n) is 5.54. The summed E-state index contributed by atoms with van der Waals surface area (Å²) in [6.07, 6.45) is 0.778. The third-order valence-electron chi connectivity index (χ3n) is 7.31. The molecular formula is C28H37Cl2NO4Si. The zero-order chi connectivity index (χ0) is 26.8. The van der Waals surface area contributed by atoms with Crippen LogP contribution >= 0.6 is 23.2 Å². The molecule has 2 N–H and O–H groups in total. The van der Waals surface area contributed by atoms with Crippen LogP contribution in [0.4, 0.5) is 0 Å². The molecule has 196 valence electrons. The van der Waals surface area contributed by atoms with Crippen molar-refractivity contribution >= 4 is 43.4 Å². The molecule has 1 amide bonds. The smallest absolute Gasteiger partial charge is 0.304 e. The Bertz CT molecular complexity index is 1090. The predicted molar refractivity (Wildman–Crippen MR) is 148 cm³/mol. The summed E-state index contributed by atoms with van der Waals surface area (Å²) >= 11 is 12.6. The highest BCUT2D eigenvalue weighted by Gasteiger charge is 2.52. The van der Waals surface area contributed by atoms with Gasteiger partial charge in [-0.3, -0.25) is 9.59 Å². The third-order valence-corrected chi connectivity index (χ3v) is 9.31. The van der Waals surface area contributed by atoms with Gasteiger partial charge in [-0.15, -0.1) is 0 Å². The second-order valence-corrected chi connectivity index (χ2v) is 16.4. The summed E-state index contributed by atoms with van der Waals surface area (Å²) in [4.78, 5) is 38.8. The summed E-state index contributed by atoms with van der Waals surface area (Å²) in [6.45, 7) is 9.75. The lowest BCUT2D eigenvalue weighted by Gasteiger charge is -2.53. The number of piperidine rings is 1. The van der Waals surface area contributed by atoms with Gasteiger partial charge in [-0.25, -0.2) is 0 Å². The zero-order valence-corrected chi connectivity index (χ0v) is 24.2. The first-order valence-electron chi connectivity index (χ1n) is 12.5. The van der Waals surface area contributed by atoms with Crippen LogP contribution in [0.1, 0.15) is 63.1 Å². The number of hydrogen-bond acceptors (Lipinski definition) is 3. The minimum Gasteiger partial charge on any atom is -0.481 e. The van der Waals surface area contributed by atoms with Gasteiger partial charge in [0, 0.05) is 22.0 Å². The van der Waals surface area contributed by atoms with Gasteiger partial charge < -0.3 is 14.8 Å². The molecule has 0 radical (unpaired) electrons. The third kappa shape index (κ3) is 6.71. The molecule has 0 aromatic heterocycles. The van der Waals surface area contributed by atoms with Crippen molar-refractivity contribution in [2.24, 2.45) is 11.3 Å². The highest BCUT2D eigenvalue weighted by molar-refractivity contribution is 6.69. The Labute approximate surface area is 225 Å². The maximum absolute atomic E-state index is 14.3. The molecule has 4 atom stereocenters. The maximum atomic E-state index is 14.3. The number of benzene rings is 2. The van der Waals surface area contributed by atoms with Gasteiger partial charge in [0.2, 0.25) is 5.91 Å². The second-order valence-electron chi connectivity index (χ2n) is 11.4. The number of aliphatic carboxylic acids is 1. The number of carboxylic acids is 1. The van der Waals surface area contributed by atoms with Gasteiger partial charge in [0.15, 0.2) is 8.32 Å². The molecule has 8 heteroatoms. The average Bonchev–Trinajstić information content (AvgIpc) is 2.76. The molecule has 1 aliphatic heterocycles. The highest BCUT2D eigenvalue weighted by Crippen LogP contribution is 2.53. The summed E-state index contributed by atoms with van der Waals surface area (Å²) in [7, 11) is -2.38. The van der Waals surface area contributed by atoms with Crippen LogP contribution < -0.4 is 0 Å². The normalized spacial score (nSPS) is 23.7. The Kier molecular flexibility index (Phi) is 8.98. The van der Waals surface area contributed by atoms with Gasteiger partial charge in [-0.2, -0.15) is 0 Å². The second kappa shape index (κ2) is 11.3.